The van der Waals surface area contributed by atoms with E-state index in [1.807, 2.05) is 17.5 Å². The standard InChI is InChI=1S/C18H20N2O5S/c1-24-16-10-14(15(20(22)23)11-17(16)25-2)18(21)19(12-5-6-12)8-7-13-4-3-9-26-13/h3-4,9-12H,5-8H2,1-2H3. The number of methoxy groups -OCH3 is 2. The highest BCUT2D eigenvalue weighted by molar-refractivity contribution is 7.09. The summed E-state index contributed by atoms with van der Waals surface area (Å²) in [4.78, 5) is 27.0. The molecule has 7 nitrogen and oxygen atoms in total. The summed E-state index contributed by atoms with van der Waals surface area (Å²) in [6.07, 6.45) is 2.59. The van der Waals surface area contributed by atoms with Crippen molar-refractivity contribution in [1.82, 2.24) is 4.90 Å². The van der Waals surface area contributed by atoms with E-state index in [-0.39, 0.29) is 28.9 Å². The molecule has 1 heterocycles. The van der Waals surface area contributed by atoms with Crippen LogP contribution < -0.4 is 9.47 Å². The summed E-state index contributed by atoms with van der Waals surface area (Å²) in [5.74, 6) is 0.194. The van der Waals surface area contributed by atoms with Gasteiger partial charge in [-0.15, -0.1) is 11.3 Å². The number of nitro benzene ring substituents is 1. The maximum atomic E-state index is 13.1. The Morgan fingerprint density at radius 3 is 2.54 bits per heavy atom. The predicted molar refractivity (Wildman–Crippen MR) is 98.3 cm³/mol. The van der Waals surface area contributed by atoms with Crippen molar-refractivity contribution in [3.05, 3.63) is 50.2 Å². The van der Waals surface area contributed by atoms with Crippen LogP contribution in [-0.4, -0.2) is 42.5 Å². The second-order valence-corrected chi connectivity index (χ2v) is 7.07. The van der Waals surface area contributed by atoms with E-state index < -0.39 is 4.92 Å². The van der Waals surface area contributed by atoms with Gasteiger partial charge in [-0.25, -0.2) is 0 Å². The first-order chi connectivity index (χ1) is 12.5. The van der Waals surface area contributed by atoms with Crippen LogP contribution in [0.2, 0.25) is 0 Å². The number of nitrogens with zero attached hydrogens (tertiary/aromatic N) is 2. The number of rotatable bonds is 8. The van der Waals surface area contributed by atoms with Gasteiger partial charge in [0.25, 0.3) is 11.6 Å². The average molecular weight is 376 g/mol. The lowest BCUT2D eigenvalue weighted by Crippen LogP contribution is -2.35. The van der Waals surface area contributed by atoms with Gasteiger partial charge >= 0.3 is 0 Å². The van der Waals surface area contributed by atoms with E-state index >= 15 is 0 Å². The molecule has 0 N–H and O–H groups in total. The molecule has 0 unspecified atom stereocenters. The molecular formula is C18H20N2O5S. The first-order valence-corrected chi connectivity index (χ1v) is 9.17. The fraction of sp³-hybridized carbons (Fsp3) is 0.389. The van der Waals surface area contributed by atoms with Gasteiger partial charge in [0, 0.05) is 23.5 Å². The highest BCUT2D eigenvalue weighted by Gasteiger charge is 2.36. The summed E-state index contributed by atoms with van der Waals surface area (Å²) < 4.78 is 10.3. The predicted octanol–water partition coefficient (Wildman–Crippen LogP) is 3.52. The summed E-state index contributed by atoms with van der Waals surface area (Å²) in [5.41, 5.74) is -0.236. The van der Waals surface area contributed by atoms with Crippen molar-refractivity contribution < 1.29 is 19.2 Å². The van der Waals surface area contributed by atoms with Gasteiger partial charge in [0.05, 0.1) is 25.2 Å². The number of carbonyl (C=O) groups is 1. The second kappa shape index (κ2) is 7.74. The van der Waals surface area contributed by atoms with Gasteiger partial charge in [-0.1, -0.05) is 6.07 Å². The van der Waals surface area contributed by atoms with Crippen molar-refractivity contribution in [2.45, 2.75) is 25.3 Å². The Balaban J connectivity index is 1.91. The van der Waals surface area contributed by atoms with Crippen molar-refractivity contribution in [1.29, 1.82) is 0 Å². The molecule has 1 aliphatic rings. The minimum atomic E-state index is -0.556. The Hall–Kier alpha value is -2.61. The normalized spacial score (nSPS) is 13.3. The number of benzene rings is 1. The zero-order valence-electron chi connectivity index (χ0n) is 14.6. The number of hydrogen-bond acceptors (Lipinski definition) is 6. The van der Waals surface area contributed by atoms with E-state index in [2.05, 4.69) is 0 Å². The lowest BCUT2D eigenvalue weighted by Gasteiger charge is -2.22. The van der Waals surface area contributed by atoms with Crippen molar-refractivity contribution in [3.8, 4) is 11.5 Å². The van der Waals surface area contributed by atoms with Gasteiger partial charge in [0.1, 0.15) is 5.56 Å². The van der Waals surface area contributed by atoms with Crippen LogP contribution in [0.3, 0.4) is 0 Å². The maximum Gasteiger partial charge on any atom is 0.286 e. The Kier molecular flexibility index (Phi) is 5.41. The lowest BCUT2D eigenvalue weighted by atomic mass is 10.1. The minimum absolute atomic E-state index is 0.0331. The number of amides is 1. The Labute approximate surface area is 155 Å². The average Bonchev–Trinajstić information content (AvgIpc) is 3.35. The van der Waals surface area contributed by atoms with Gasteiger partial charge < -0.3 is 14.4 Å². The minimum Gasteiger partial charge on any atom is -0.493 e. The fourth-order valence-electron chi connectivity index (χ4n) is 2.87. The van der Waals surface area contributed by atoms with Crippen molar-refractivity contribution in [2.75, 3.05) is 20.8 Å². The third kappa shape index (κ3) is 3.80. The molecule has 138 valence electrons. The zero-order valence-corrected chi connectivity index (χ0v) is 15.5. The van der Waals surface area contributed by atoms with E-state index in [1.165, 1.54) is 31.2 Å². The van der Waals surface area contributed by atoms with Gasteiger partial charge in [-0.3, -0.25) is 14.9 Å². The molecule has 8 heteroatoms. The molecule has 0 atom stereocenters. The summed E-state index contributed by atoms with van der Waals surface area (Å²) in [6, 6.07) is 6.80. The van der Waals surface area contributed by atoms with Crippen LogP contribution in [0, 0.1) is 10.1 Å². The van der Waals surface area contributed by atoms with E-state index in [0.29, 0.717) is 12.3 Å². The first kappa shape index (κ1) is 18.2. The molecule has 1 aromatic carbocycles. The number of nitro groups is 1. The summed E-state index contributed by atoms with van der Waals surface area (Å²) >= 11 is 1.64. The smallest absolute Gasteiger partial charge is 0.286 e. The number of ether oxygens (including phenoxy) is 2. The Morgan fingerprint density at radius 2 is 2.00 bits per heavy atom. The van der Waals surface area contributed by atoms with Crippen LogP contribution in [0.25, 0.3) is 0 Å². The fourth-order valence-corrected chi connectivity index (χ4v) is 3.57. The quantitative estimate of drug-likeness (QED) is 0.520. The van der Waals surface area contributed by atoms with E-state index in [9.17, 15) is 14.9 Å². The Bertz CT molecular complexity index is 802. The molecule has 3 rings (SSSR count). The molecule has 26 heavy (non-hydrogen) atoms. The van der Waals surface area contributed by atoms with Crippen LogP contribution in [-0.2, 0) is 6.42 Å². The SMILES string of the molecule is COc1cc(C(=O)N(CCc2cccs2)C2CC2)c([N+](=O)[O-])cc1OC. The van der Waals surface area contributed by atoms with Crippen LogP contribution in [0.15, 0.2) is 29.6 Å². The molecular weight excluding hydrogens is 356 g/mol. The summed E-state index contributed by atoms with van der Waals surface area (Å²) in [6.45, 7) is 0.537. The first-order valence-electron chi connectivity index (χ1n) is 8.29. The molecule has 2 aromatic rings. The van der Waals surface area contributed by atoms with Gasteiger partial charge in [0.2, 0.25) is 0 Å². The van der Waals surface area contributed by atoms with Crippen molar-refractivity contribution >= 4 is 22.9 Å². The molecule has 1 aromatic heterocycles. The number of thiophene rings is 1. The third-order valence-corrected chi connectivity index (χ3v) is 5.29. The van der Waals surface area contributed by atoms with E-state index in [1.54, 1.807) is 16.2 Å². The van der Waals surface area contributed by atoms with E-state index in [0.717, 1.165) is 19.3 Å². The molecule has 1 saturated carbocycles. The van der Waals surface area contributed by atoms with E-state index in [4.69, 9.17) is 9.47 Å². The summed E-state index contributed by atoms with van der Waals surface area (Å²) in [5, 5.41) is 13.5. The van der Waals surface area contributed by atoms with Crippen LogP contribution in [0.5, 0.6) is 11.5 Å². The van der Waals surface area contributed by atoms with Crippen molar-refractivity contribution in [3.63, 3.8) is 0 Å². The highest BCUT2D eigenvalue weighted by atomic mass is 32.1. The topological polar surface area (TPSA) is 81.9 Å². The Morgan fingerprint density at radius 1 is 1.31 bits per heavy atom. The third-order valence-electron chi connectivity index (χ3n) is 4.36. The maximum absolute atomic E-state index is 13.1. The largest absolute Gasteiger partial charge is 0.493 e. The van der Waals surface area contributed by atoms with Gasteiger partial charge in [-0.05, 0) is 30.7 Å². The molecule has 0 aliphatic heterocycles. The zero-order chi connectivity index (χ0) is 18.7. The highest BCUT2D eigenvalue weighted by Crippen LogP contribution is 2.37. The van der Waals surface area contributed by atoms with Crippen LogP contribution in [0.4, 0.5) is 5.69 Å². The number of hydrogen-bond donors (Lipinski definition) is 0. The lowest BCUT2D eigenvalue weighted by molar-refractivity contribution is -0.385. The summed E-state index contributed by atoms with van der Waals surface area (Å²) in [7, 11) is 2.84. The number of carbonyl (C=O) groups excluding carboxylic acids is 1. The van der Waals surface area contributed by atoms with Gasteiger partial charge in [0.15, 0.2) is 11.5 Å². The van der Waals surface area contributed by atoms with Crippen molar-refractivity contribution in [2.24, 2.45) is 0 Å². The molecule has 1 fully saturated rings. The monoisotopic (exact) mass is 376 g/mol. The molecule has 0 spiro atoms. The molecule has 0 saturated heterocycles. The molecule has 1 aliphatic carbocycles. The van der Waals surface area contributed by atoms with Gasteiger partial charge in [-0.2, -0.15) is 0 Å². The molecule has 0 bridgehead atoms. The van der Waals surface area contributed by atoms with Crippen LogP contribution in [0.1, 0.15) is 28.1 Å². The second-order valence-electron chi connectivity index (χ2n) is 6.04. The molecule has 1 amide bonds. The molecule has 0 radical (unpaired) electrons. The van der Waals surface area contributed by atoms with Crippen LogP contribution >= 0.6 is 11.3 Å².